The molecular formula is C12H13Cl2NO2. The van der Waals surface area contributed by atoms with Crippen molar-refractivity contribution in [1.82, 2.24) is 0 Å². The molecule has 5 heteroatoms. The first kappa shape index (κ1) is 12.7. The normalized spacial score (nSPS) is 20.0. The van der Waals surface area contributed by atoms with E-state index < -0.39 is 0 Å². The van der Waals surface area contributed by atoms with Gasteiger partial charge in [0.1, 0.15) is 0 Å². The van der Waals surface area contributed by atoms with Gasteiger partial charge in [0.2, 0.25) is 5.91 Å². The van der Waals surface area contributed by atoms with Crippen molar-refractivity contribution in [3.05, 3.63) is 28.2 Å². The Hall–Kier alpha value is -0.770. The number of halogens is 2. The number of anilines is 1. The summed E-state index contributed by atoms with van der Waals surface area (Å²) in [5.74, 6) is -0.0960. The van der Waals surface area contributed by atoms with E-state index in [1.54, 1.807) is 18.2 Å². The van der Waals surface area contributed by atoms with Crippen LogP contribution < -0.4 is 5.32 Å². The summed E-state index contributed by atoms with van der Waals surface area (Å²) in [5.41, 5.74) is 0.662. The van der Waals surface area contributed by atoms with E-state index in [9.17, 15) is 4.79 Å². The summed E-state index contributed by atoms with van der Waals surface area (Å²) < 4.78 is 5.28. The van der Waals surface area contributed by atoms with Crippen LogP contribution in [-0.4, -0.2) is 19.1 Å². The molecular weight excluding hydrogens is 261 g/mol. The Morgan fingerprint density at radius 1 is 1.35 bits per heavy atom. The van der Waals surface area contributed by atoms with Crippen molar-refractivity contribution in [2.45, 2.75) is 12.8 Å². The summed E-state index contributed by atoms with van der Waals surface area (Å²) >= 11 is 11.7. The Labute approximate surface area is 110 Å². The van der Waals surface area contributed by atoms with Crippen LogP contribution in [0.3, 0.4) is 0 Å². The fraction of sp³-hybridized carbons (Fsp3) is 0.417. The molecule has 0 radical (unpaired) electrons. The Bertz CT molecular complexity index is 417. The summed E-state index contributed by atoms with van der Waals surface area (Å²) in [5, 5.41) is 3.73. The van der Waals surface area contributed by atoms with Crippen LogP contribution in [0.5, 0.6) is 0 Å². The molecule has 1 aliphatic heterocycles. The van der Waals surface area contributed by atoms with Gasteiger partial charge in [0.05, 0.1) is 22.6 Å². The van der Waals surface area contributed by atoms with Crippen molar-refractivity contribution in [1.29, 1.82) is 0 Å². The number of hydrogen-bond donors (Lipinski definition) is 1. The molecule has 1 amide bonds. The van der Waals surface area contributed by atoms with Gasteiger partial charge in [0.25, 0.3) is 0 Å². The van der Waals surface area contributed by atoms with Crippen LogP contribution in [-0.2, 0) is 9.53 Å². The number of rotatable bonds is 2. The molecule has 1 aromatic carbocycles. The van der Waals surface area contributed by atoms with Crippen molar-refractivity contribution in [2.24, 2.45) is 5.92 Å². The summed E-state index contributed by atoms with van der Waals surface area (Å²) in [7, 11) is 0. The fourth-order valence-corrected chi connectivity index (χ4v) is 2.06. The van der Waals surface area contributed by atoms with Gasteiger partial charge in [-0.15, -0.1) is 0 Å². The maximum atomic E-state index is 11.9. The highest BCUT2D eigenvalue weighted by molar-refractivity contribution is 6.42. The first-order valence-corrected chi connectivity index (χ1v) is 6.26. The zero-order chi connectivity index (χ0) is 12.3. The Balaban J connectivity index is 1.99. The Morgan fingerprint density at radius 2 is 2.18 bits per heavy atom. The summed E-state index contributed by atoms with van der Waals surface area (Å²) in [4.78, 5) is 11.9. The van der Waals surface area contributed by atoms with Crippen LogP contribution in [0.15, 0.2) is 18.2 Å². The summed E-state index contributed by atoms with van der Waals surface area (Å²) in [6, 6.07) is 5.04. The predicted octanol–water partition coefficient (Wildman–Crippen LogP) is 3.36. The third-order valence-electron chi connectivity index (χ3n) is 2.72. The minimum absolute atomic E-state index is 0.0249. The van der Waals surface area contributed by atoms with Crippen LogP contribution in [0.1, 0.15) is 12.8 Å². The van der Waals surface area contributed by atoms with E-state index in [-0.39, 0.29) is 11.8 Å². The van der Waals surface area contributed by atoms with Crippen LogP contribution in [0, 0.1) is 5.92 Å². The predicted molar refractivity (Wildman–Crippen MR) is 68.6 cm³/mol. The SMILES string of the molecule is O=C(Nc1ccc(Cl)c(Cl)c1)C1CCCOC1. The van der Waals surface area contributed by atoms with Crippen LogP contribution in [0.2, 0.25) is 10.0 Å². The third kappa shape index (κ3) is 3.35. The molecule has 2 rings (SSSR count). The van der Waals surface area contributed by atoms with E-state index >= 15 is 0 Å². The van der Waals surface area contributed by atoms with Crippen LogP contribution in [0.4, 0.5) is 5.69 Å². The van der Waals surface area contributed by atoms with Gasteiger partial charge < -0.3 is 10.1 Å². The van der Waals surface area contributed by atoms with Gasteiger partial charge in [-0.25, -0.2) is 0 Å². The topological polar surface area (TPSA) is 38.3 Å². The van der Waals surface area contributed by atoms with E-state index in [4.69, 9.17) is 27.9 Å². The number of carbonyl (C=O) groups excluding carboxylic acids is 1. The van der Waals surface area contributed by atoms with Crippen molar-refractivity contribution >= 4 is 34.8 Å². The molecule has 17 heavy (non-hydrogen) atoms. The lowest BCUT2D eigenvalue weighted by Gasteiger charge is -2.21. The van der Waals surface area contributed by atoms with Crippen molar-refractivity contribution in [3.63, 3.8) is 0 Å². The highest BCUT2D eigenvalue weighted by Gasteiger charge is 2.21. The Kier molecular flexibility index (Phi) is 4.26. The van der Waals surface area contributed by atoms with Gasteiger partial charge in [0, 0.05) is 12.3 Å². The molecule has 3 nitrogen and oxygen atoms in total. The average Bonchev–Trinajstić information content (AvgIpc) is 2.35. The van der Waals surface area contributed by atoms with E-state index in [2.05, 4.69) is 5.32 Å². The molecule has 1 fully saturated rings. The maximum Gasteiger partial charge on any atom is 0.229 e. The largest absolute Gasteiger partial charge is 0.381 e. The molecule has 0 spiro atoms. The average molecular weight is 274 g/mol. The molecule has 0 aromatic heterocycles. The molecule has 1 saturated heterocycles. The fourth-order valence-electron chi connectivity index (χ4n) is 1.77. The van der Waals surface area contributed by atoms with Crippen molar-refractivity contribution in [3.8, 4) is 0 Å². The Morgan fingerprint density at radius 3 is 2.82 bits per heavy atom. The molecule has 1 aliphatic rings. The van der Waals surface area contributed by atoms with E-state index in [1.165, 1.54) is 0 Å². The molecule has 0 bridgehead atoms. The standard InChI is InChI=1S/C12H13Cl2NO2/c13-10-4-3-9(6-11(10)14)15-12(16)8-2-1-5-17-7-8/h3-4,6,8H,1-2,5,7H2,(H,15,16). The molecule has 1 aromatic rings. The van der Waals surface area contributed by atoms with Crippen LogP contribution >= 0.6 is 23.2 Å². The number of carbonyl (C=O) groups is 1. The van der Waals surface area contributed by atoms with Crippen molar-refractivity contribution in [2.75, 3.05) is 18.5 Å². The zero-order valence-electron chi connectivity index (χ0n) is 9.21. The lowest BCUT2D eigenvalue weighted by atomic mass is 10.0. The first-order chi connectivity index (χ1) is 8.16. The van der Waals surface area contributed by atoms with Gasteiger partial charge in [-0.05, 0) is 31.0 Å². The van der Waals surface area contributed by atoms with Gasteiger partial charge in [-0.2, -0.15) is 0 Å². The lowest BCUT2D eigenvalue weighted by Crippen LogP contribution is -2.30. The number of ether oxygens (including phenoxy) is 1. The smallest absolute Gasteiger partial charge is 0.229 e. The second-order valence-corrected chi connectivity index (χ2v) is 4.85. The number of benzene rings is 1. The van der Waals surface area contributed by atoms with Crippen LogP contribution in [0.25, 0.3) is 0 Å². The molecule has 1 atom stereocenters. The molecule has 92 valence electrons. The van der Waals surface area contributed by atoms with E-state index in [0.29, 0.717) is 22.3 Å². The highest BCUT2D eigenvalue weighted by Crippen LogP contribution is 2.25. The minimum atomic E-state index is -0.0711. The number of hydrogen-bond acceptors (Lipinski definition) is 2. The second kappa shape index (κ2) is 5.71. The zero-order valence-corrected chi connectivity index (χ0v) is 10.7. The summed E-state index contributed by atoms with van der Waals surface area (Å²) in [6.07, 6.45) is 1.80. The monoisotopic (exact) mass is 273 g/mol. The number of amides is 1. The molecule has 0 saturated carbocycles. The molecule has 0 aliphatic carbocycles. The highest BCUT2D eigenvalue weighted by atomic mass is 35.5. The van der Waals surface area contributed by atoms with Gasteiger partial charge in [-0.3, -0.25) is 4.79 Å². The minimum Gasteiger partial charge on any atom is -0.381 e. The molecule has 1 N–H and O–H groups in total. The van der Waals surface area contributed by atoms with E-state index in [1.807, 2.05) is 0 Å². The maximum absolute atomic E-state index is 11.9. The van der Waals surface area contributed by atoms with E-state index in [0.717, 1.165) is 19.4 Å². The van der Waals surface area contributed by atoms with Crippen molar-refractivity contribution < 1.29 is 9.53 Å². The summed E-state index contributed by atoms with van der Waals surface area (Å²) in [6.45, 7) is 1.24. The lowest BCUT2D eigenvalue weighted by molar-refractivity contribution is -0.123. The molecule has 1 unspecified atom stereocenters. The second-order valence-electron chi connectivity index (χ2n) is 4.03. The quantitative estimate of drug-likeness (QED) is 0.898. The van der Waals surface area contributed by atoms with Gasteiger partial charge in [0.15, 0.2) is 0 Å². The molecule has 1 heterocycles. The van der Waals surface area contributed by atoms with Gasteiger partial charge in [-0.1, -0.05) is 23.2 Å². The number of nitrogens with one attached hydrogen (secondary N) is 1. The van der Waals surface area contributed by atoms with Gasteiger partial charge >= 0.3 is 0 Å². The third-order valence-corrected chi connectivity index (χ3v) is 3.46. The first-order valence-electron chi connectivity index (χ1n) is 5.50.